The summed E-state index contributed by atoms with van der Waals surface area (Å²) in [6, 6.07) is 0.254. The lowest BCUT2D eigenvalue weighted by Crippen LogP contribution is -2.30. The third-order valence-electron chi connectivity index (χ3n) is 1.63. The molecule has 1 unspecified atom stereocenters. The maximum atomic E-state index is 11.1. The summed E-state index contributed by atoms with van der Waals surface area (Å²) in [5.41, 5.74) is 0. The van der Waals surface area contributed by atoms with E-state index < -0.39 is 0 Å². The number of amides is 1. The smallest absolute Gasteiger partial charge is 0.220 e. The fourth-order valence-electron chi connectivity index (χ4n) is 0.863. The maximum absolute atomic E-state index is 11.1. The third-order valence-corrected chi connectivity index (χ3v) is 2.25. The van der Waals surface area contributed by atoms with Gasteiger partial charge in [0.1, 0.15) is 0 Å². The Balaban J connectivity index is 3.44. The molecule has 72 valence electrons. The average molecular weight is 189 g/mol. The molecule has 0 radical (unpaired) electrons. The van der Waals surface area contributed by atoms with Crippen molar-refractivity contribution < 1.29 is 4.79 Å². The minimum atomic E-state index is 0.152. The maximum Gasteiger partial charge on any atom is 0.220 e. The molecule has 1 N–H and O–H groups in total. The zero-order valence-electron chi connectivity index (χ0n) is 8.13. The Morgan fingerprint density at radius 1 is 1.42 bits per heavy atom. The van der Waals surface area contributed by atoms with Gasteiger partial charge in [0.15, 0.2) is 0 Å². The Hall–Kier alpha value is -0.180. The molecule has 0 bridgehead atoms. The third kappa shape index (κ3) is 6.53. The summed E-state index contributed by atoms with van der Waals surface area (Å²) < 4.78 is 0. The van der Waals surface area contributed by atoms with Gasteiger partial charge in [-0.1, -0.05) is 6.92 Å². The van der Waals surface area contributed by atoms with Crippen LogP contribution in [0.4, 0.5) is 0 Å². The van der Waals surface area contributed by atoms with Crippen LogP contribution >= 0.6 is 12.6 Å². The molecule has 0 aromatic rings. The van der Waals surface area contributed by atoms with Crippen LogP contribution in [0.2, 0.25) is 0 Å². The summed E-state index contributed by atoms with van der Waals surface area (Å²) in [6.07, 6.45) is 1.56. The van der Waals surface area contributed by atoms with Gasteiger partial charge in [0.2, 0.25) is 5.91 Å². The molecule has 1 atom stereocenters. The highest BCUT2D eigenvalue weighted by Gasteiger charge is 2.05. The molecule has 0 spiro atoms. The molecule has 0 rings (SSSR count). The average Bonchev–Trinajstić information content (AvgIpc) is 1.99. The number of rotatable bonds is 5. The van der Waals surface area contributed by atoms with Crippen molar-refractivity contribution in [2.24, 2.45) is 5.92 Å². The number of hydrogen-bond donors (Lipinski definition) is 2. The van der Waals surface area contributed by atoms with E-state index in [1.165, 1.54) is 0 Å². The highest BCUT2D eigenvalue weighted by atomic mass is 32.1. The second kappa shape index (κ2) is 6.35. The Labute approximate surface area is 80.5 Å². The van der Waals surface area contributed by atoms with Gasteiger partial charge in [-0.05, 0) is 31.9 Å². The molecule has 2 nitrogen and oxygen atoms in total. The SMILES string of the molecule is CC(CS)CCC(=O)NC(C)C. The molecule has 3 heteroatoms. The molecule has 12 heavy (non-hydrogen) atoms. The minimum absolute atomic E-state index is 0.152. The molecule has 0 aliphatic carbocycles. The van der Waals surface area contributed by atoms with Crippen LogP contribution in [0.25, 0.3) is 0 Å². The van der Waals surface area contributed by atoms with E-state index in [9.17, 15) is 4.79 Å². The summed E-state index contributed by atoms with van der Waals surface area (Å²) in [5.74, 6) is 1.54. The predicted molar refractivity (Wildman–Crippen MR) is 55.5 cm³/mol. The summed E-state index contributed by atoms with van der Waals surface area (Å²) >= 11 is 4.16. The second-order valence-corrected chi connectivity index (χ2v) is 3.91. The van der Waals surface area contributed by atoms with Crippen LogP contribution < -0.4 is 5.32 Å². The van der Waals surface area contributed by atoms with Gasteiger partial charge < -0.3 is 5.32 Å². The van der Waals surface area contributed by atoms with Crippen molar-refractivity contribution in [2.45, 2.75) is 39.7 Å². The van der Waals surface area contributed by atoms with Crippen LogP contribution in [0, 0.1) is 5.92 Å². The number of nitrogens with one attached hydrogen (secondary N) is 1. The zero-order chi connectivity index (χ0) is 9.56. The molecule has 0 heterocycles. The largest absolute Gasteiger partial charge is 0.354 e. The Morgan fingerprint density at radius 3 is 2.42 bits per heavy atom. The summed E-state index contributed by atoms with van der Waals surface area (Å²) in [6.45, 7) is 6.05. The molecule has 0 aromatic heterocycles. The first-order valence-corrected chi connectivity index (χ1v) is 5.09. The van der Waals surface area contributed by atoms with Crippen molar-refractivity contribution in [1.82, 2.24) is 5.32 Å². The quantitative estimate of drug-likeness (QED) is 0.635. The van der Waals surface area contributed by atoms with E-state index >= 15 is 0 Å². The van der Waals surface area contributed by atoms with E-state index in [0.29, 0.717) is 12.3 Å². The molecular formula is C9H19NOS. The molecule has 0 aliphatic rings. The van der Waals surface area contributed by atoms with Crippen LogP contribution in [-0.2, 0) is 4.79 Å². The van der Waals surface area contributed by atoms with Crippen LogP contribution in [0.3, 0.4) is 0 Å². The van der Waals surface area contributed by atoms with Crippen molar-refractivity contribution >= 4 is 18.5 Å². The molecule has 0 saturated carbocycles. The summed E-state index contributed by atoms with van der Waals surface area (Å²) in [4.78, 5) is 11.1. The number of thiol groups is 1. The van der Waals surface area contributed by atoms with Crippen molar-refractivity contribution in [1.29, 1.82) is 0 Å². The number of carbonyl (C=O) groups excluding carboxylic acids is 1. The first-order chi connectivity index (χ1) is 5.56. The summed E-state index contributed by atoms with van der Waals surface area (Å²) in [7, 11) is 0. The van der Waals surface area contributed by atoms with E-state index in [1.807, 2.05) is 13.8 Å². The first-order valence-electron chi connectivity index (χ1n) is 4.46. The van der Waals surface area contributed by atoms with E-state index in [-0.39, 0.29) is 11.9 Å². The van der Waals surface area contributed by atoms with Gasteiger partial charge in [0, 0.05) is 12.5 Å². The fourth-order valence-corrected chi connectivity index (χ4v) is 1.05. The number of carbonyl (C=O) groups is 1. The molecule has 0 aliphatic heterocycles. The second-order valence-electron chi connectivity index (χ2n) is 3.55. The normalized spacial score (nSPS) is 13.1. The van der Waals surface area contributed by atoms with Crippen LogP contribution in [0.5, 0.6) is 0 Å². The molecular weight excluding hydrogens is 170 g/mol. The molecule has 0 fully saturated rings. The Kier molecular flexibility index (Phi) is 6.25. The van der Waals surface area contributed by atoms with Gasteiger partial charge in [0.25, 0.3) is 0 Å². The van der Waals surface area contributed by atoms with Crippen molar-refractivity contribution in [3.05, 3.63) is 0 Å². The van der Waals surface area contributed by atoms with Gasteiger partial charge in [-0.2, -0.15) is 12.6 Å². The van der Waals surface area contributed by atoms with Gasteiger partial charge in [-0.15, -0.1) is 0 Å². The Bertz CT molecular complexity index is 136. The highest BCUT2D eigenvalue weighted by molar-refractivity contribution is 7.80. The summed E-state index contributed by atoms with van der Waals surface area (Å²) in [5, 5.41) is 2.86. The van der Waals surface area contributed by atoms with Crippen molar-refractivity contribution in [3.63, 3.8) is 0 Å². The van der Waals surface area contributed by atoms with E-state index in [2.05, 4.69) is 24.9 Å². The van der Waals surface area contributed by atoms with Crippen molar-refractivity contribution in [3.8, 4) is 0 Å². The zero-order valence-corrected chi connectivity index (χ0v) is 9.03. The monoisotopic (exact) mass is 189 g/mol. The molecule has 1 amide bonds. The lowest BCUT2D eigenvalue weighted by molar-refractivity contribution is -0.121. The predicted octanol–water partition coefficient (Wildman–Crippen LogP) is 1.86. The van der Waals surface area contributed by atoms with Crippen LogP contribution in [0.1, 0.15) is 33.6 Å². The van der Waals surface area contributed by atoms with Gasteiger partial charge in [-0.25, -0.2) is 0 Å². The minimum Gasteiger partial charge on any atom is -0.354 e. The van der Waals surface area contributed by atoms with Gasteiger partial charge >= 0.3 is 0 Å². The molecule has 0 aromatic carbocycles. The van der Waals surface area contributed by atoms with Crippen molar-refractivity contribution in [2.75, 3.05) is 5.75 Å². The van der Waals surface area contributed by atoms with Crippen LogP contribution in [-0.4, -0.2) is 17.7 Å². The number of hydrogen-bond acceptors (Lipinski definition) is 2. The highest BCUT2D eigenvalue weighted by Crippen LogP contribution is 2.06. The topological polar surface area (TPSA) is 29.1 Å². The van der Waals surface area contributed by atoms with Gasteiger partial charge in [-0.3, -0.25) is 4.79 Å². The first kappa shape index (κ1) is 11.8. The van der Waals surface area contributed by atoms with E-state index in [4.69, 9.17) is 0 Å². The van der Waals surface area contributed by atoms with Crippen LogP contribution in [0.15, 0.2) is 0 Å². The fraction of sp³-hybridized carbons (Fsp3) is 0.889. The molecule has 0 saturated heterocycles. The lowest BCUT2D eigenvalue weighted by atomic mass is 10.1. The van der Waals surface area contributed by atoms with Gasteiger partial charge in [0.05, 0.1) is 0 Å². The standard InChI is InChI=1S/C9H19NOS/c1-7(2)10-9(11)5-4-8(3)6-12/h7-8,12H,4-6H2,1-3H3,(H,10,11). The van der Waals surface area contributed by atoms with E-state index in [0.717, 1.165) is 12.2 Å². The van der Waals surface area contributed by atoms with E-state index in [1.54, 1.807) is 0 Å². The Morgan fingerprint density at radius 2 is 2.00 bits per heavy atom. The lowest BCUT2D eigenvalue weighted by Gasteiger charge is -2.10.